The lowest BCUT2D eigenvalue weighted by atomic mass is 9.95. The third-order valence-electron chi connectivity index (χ3n) is 5.05. The topological polar surface area (TPSA) is 49.4 Å². The summed E-state index contributed by atoms with van der Waals surface area (Å²) in [6.45, 7) is 3.60. The van der Waals surface area contributed by atoms with E-state index in [1.807, 2.05) is 12.1 Å². The molecule has 1 unspecified atom stereocenters. The molecule has 0 spiro atoms. The summed E-state index contributed by atoms with van der Waals surface area (Å²) in [6.07, 6.45) is 7.60. The van der Waals surface area contributed by atoms with Gasteiger partial charge in [0, 0.05) is 12.6 Å². The van der Waals surface area contributed by atoms with Crippen molar-refractivity contribution in [2.24, 2.45) is 5.92 Å². The van der Waals surface area contributed by atoms with Crippen LogP contribution >= 0.6 is 0 Å². The van der Waals surface area contributed by atoms with Gasteiger partial charge in [-0.15, -0.1) is 0 Å². The molecule has 0 bridgehead atoms. The summed E-state index contributed by atoms with van der Waals surface area (Å²) < 4.78 is 0. The fraction of sp³-hybridized carbons (Fsp3) is 0.579. The maximum Gasteiger partial charge on any atom is 0.261 e. The molecule has 0 aromatic heterocycles. The van der Waals surface area contributed by atoms with Gasteiger partial charge < -0.3 is 5.32 Å². The highest BCUT2D eigenvalue weighted by molar-refractivity contribution is 6.21. The average molecular weight is 314 g/mol. The molecular formula is C19H26N2O2. The summed E-state index contributed by atoms with van der Waals surface area (Å²) in [5, 5.41) is 3.63. The SMILES string of the molecule is CC(CCNC1CCCCC1)CN1C(=O)c2ccccc2C1=O. The Labute approximate surface area is 138 Å². The number of nitrogens with zero attached hydrogens (tertiary/aromatic N) is 1. The maximum absolute atomic E-state index is 12.4. The minimum absolute atomic E-state index is 0.141. The van der Waals surface area contributed by atoms with Gasteiger partial charge in [-0.05, 0) is 43.9 Å². The van der Waals surface area contributed by atoms with Crippen LogP contribution in [0.3, 0.4) is 0 Å². The smallest absolute Gasteiger partial charge is 0.261 e. The van der Waals surface area contributed by atoms with E-state index in [1.165, 1.54) is 37.0 Å². The lowest BCUT2D eigenvalue weighted by Gasteiger charge is -2.24. The number of carbonyl (C=O) groups excluding carboxylic acids is 2. The minimum atomic E-state index is -0.141. The highest BCUT2D eigenvalue weighted by atomic mass is 16.2. The molecule has 1 aromatic rings. The van der Waals surface area contributed by atoms with E-state index in [4.69, 9.17) is 0 Å². The first kappa shape index (κ1) is 16.2. The minimum Gasteiger partial charge on any atom is -0.314 e. The molecule has 1 aliphatic carbocycles. The van der Waals surface area contributed by atoms with Crippen LogP contribution in [0.1, 0.15) is 66.2 Å². The fourth-order valence-electron chi connectivity index (χ4n) is 3.65. The van der Waals surface area contributed by atoms with Gasteiger partial charge in [0.1, 0.15) is 0 Å². The molecule has 1 heterocycles. The van der Waals surface area contributed by atoms with Crippen molar-refractivity contribution in [1.29, 1.82) is 0 Å². The third kappa shape index (κ3) is 3.63. The number of fused-ring (bicyclic) bond motifs is 1. The third-order valence-corrected chi connectivity index (χ3v) is 5.05. The Morgan fingerprint density at radius 1 is 1.09 bits per heavy atom. The number of benzene rings is 1. The molecule has 1 aliphatic heterocycles. The van der Waals surface area contributed by atoms with Crippen LogP contribution in [0, 0.1) is 5.92 Å². The van der Waals surface area contributed by atoms with Crippen LogP contribution in [-0.4, -0.2) is 35.8 Å². The maximum atomic E-state index is 12.4. The van der Waals surface area contributed by atoms with Crippen LogP contribution in [-0.2, 0) is 0 Å². The fourth-order valence-corrected chi connectivity index (χ4v) is 3.65. The van der Waals surface area contributed by atoms with Crippen molar-refractivity contribution >= 4 is 11.8 Å². The molecule has 2 amide bonds. The number of carbonyl (C=O) groups is 2. The molecule has 3 rings (SSSR count). The second kappa shape index (κ2) is 7.26. The van der Waals surface area contributed by atoms with Crippen LogP contribution in [0.4, 0.5) is 0 Å². The highest BCUT2D eigenvalue weighted by Gasteiger charge is 2.35. The van der Waals surface area contributed by atoms with Gasteiger partial charge in [-0.3, -0.25) is 14.5 Å². The first-order valence-corrected chi connectivity index (χ1v) is 8.85. The summed E-state index contributed by atoms with van der Waals surface area (Å²) >= 11 is 0. The second-order valence-electron chi connectivity index (χ2n) is 6.95. The first-order chi connectivity index (χ1) is 11.2. The Bertz CT molecular complexity index is 543. The predicted molar refractivity (Wildman–Crippen MR) is 90.5 cm³/mol. The number of hydrogen-bond acceptors (Lipinski definition) is 3. The van der Waals surface area contributed by atoms with Gasteiger partial charge in [0.2, 0.25) is 0 Å². The van der Waals surface area contributed by atoms with Crippen molar-refractivity contribution < 1.29 is 9.59 Å². The highest BCUT2D eigenvalue weighted by Crippen LogP contribution is 2.24. The van der Waals surface area contributed by atoms with Gasteiger partial charge >= 0.3 is 0 Å². The number of hydrogen-bond donors (Lipinski definition) is 1. The Balaban J connectivity index is 1.48. The molecular weight excluding hydrogens is 288 g/mol. The zero-order chi connectivity index (χ0) is 16.2. The summed E-state index contributed by atoms with van der Waals surface area (Å²) in [5.74, 6) is 0.0312. The molecule has 124 valence electrons. The zero-order valence-corrected chi connectivity index (χ0v) is 13.9. The summed E-state index contributed by atoms with van der Waals surface area (Å²) in [6, 6.07) is 7.77. The van der Waals surface area contributed by atoms with Gasteiger partial charge in [0.25, 0.3) is 11.8 Å². The van der Waals surface area contributed by atoms with Crippen molar-refractivity contribution in [2.45, 2.75) is 51.5 Å². The van der Waals surface area contributed by atoms with E-state index in [-0.39, 0.29) is 11.8 Å². The molecule has 4 heteroatoms. The summed E-state index contributed by atoms with van der Waals surface area (Å²) in [5.41, 5.74) is 1.09. The molecule has 1 saturated carbocycles. The average Bonchev–Trinajstić information content (AvgIpc) is 2.81. The Hall–Kier alpha value is -1.68. The van der Waals surface area contributed by atoms with E-state index in [1.54, 1.807) is 12.1 Å². The lowest BCUT2D eigenvalue weighted by Crippen LogP contribution is -2.36. The van der Waals surface area contributed by atoms with Gasteiger partial charge in [-0.25, -0.2) is 0 Å². The molecule has 0 saturated heterocycles. The van der Waals surface area contributed by atoms with Gasteiger partial charge in [0.05, 0.1) is 11.1 Å². The normalized spacial score (nSPS) is 20.0. The molecule has 23 heavy (non-hydrogen) atoms. The Kier molecular flexibility index (Phi) is 5.11. The number of nitrogens with one attached hydrogen (secondary N) is 1. The number of rotatable bonds is 6. The van der Waals surface area contributed by atoms with Crippen LogP contribution in [0.25, 0.3) is 0 Å². The monoisotopic (exact) mass is 314 g/mol. The van der Waals surface area contributed by atoms with Gasteiger partial charge in [0.15, 0.2) is 0 Å². The molecule has 1 atom stereocenters. The van der Waals surface area contributed by atoms with E-state index in [2.05, 4.69) is 12.2 Å². The lowest BCUT2D eigenvalue weighted by molar-refractivity contribution is 0.0630. The first-order valence-electron chi connectivity index (χ1n) is 8.85. The van der Waals surface area contributed by atoms with Crippen molar-refractivity contribution in [3.8, 4) is 0 Å². The van der Waals surface area contributed by atoms with Crippen LogP contribution in [0.2, 0.25) is 0 Å². The van der Waals surface area contributed by atoms with Crippen LogP contribution in [0.5, 0.6) is 0 Å². The van der Waals surface area contributed by atoms with Crippen molar-refractivity contribution in [1.82, 2.24) is 10.2 Å². The molecule has 1 aromatic carbocycles. The van der Waals surface area contributed by atoms with Crippen molar-refractivity contribution in [3.63, 3.8) is 0 Å². The Morgan fingerprint density at radius 2 is 1.70 bits per heavy atom. The standard InChI is InChI=1S/C19H26N2O2/c1-14(11-12-20-15-7-3-2-4-8-15)13-21-18(22)16-9-5-6-10-17(16)19(21)23/h5-6,9-10,14-15,20H,2-4,7-8,11-13H2,1H3. The molecule has 1 N–H and O–H groups in total. The molecule has 1 fully saturated rings. The van der Waals surface area contributed by atoms with Gasteiger partial charge in [-0.1, -0.05) is 38.3 Å². The van der Waals surface area contributed by atoms with E-state index in [0.29, 0.717) is 29.6 Å². The van der Waals surface area contributed by atoms with Crippen molar-refractivity contribution in [3.05, 3.63) is 35.4 Å². The largest absolute Gasteiger partial charge is 0.314 e. The summed E-state index contributed by atoms with van der Waals surface area (Å²) in [4.78, 5) is 26.1. The van der Waals surface area contributed by atoms with E-state index >= 15 is 0 Å². The Morgan fingerprint density at radius 3 is 2.30 bits per heavy atom. The molecule has 2 aliphatic rings. The zero-order valence-electron chi connectivity index (χ0n) is 13.9. The van der Waals surface area contributed by atoms with E-state index < -0.39 is 0 Å². The van der Waals surface area contributed by atoms with Crippen LogP contribution < -0.4 is 5.32 Å². The predicted octanol–water partition coefficient (Wildman–Crippen LogP) is 3.23. The van der Waals surface area contributed by atoms with Crippen molar-refractivity contribution in [2.75, 3.05) is 13.1 Å². The van der Waals surface area contributed by atoms with E-state index in [9.17, 15) is 9.59 Å². The van der Waals surface area contributed by atoms with Gasteiger partial charge in [-0.2, -0.15) is 0 Å². The quantitative estimate of drug-likeness (QED) is 0.820. The van der Waals surface area contributed by atoms with E-state index in [0.717, 1.165) is 13.0 Å². The summed E-state index contributed by atoms with van der Waals surface area (Å²) in [7, 11) is 0. The number of amides is 2. The molecule has 4 nitrogen and oxygen atoms in total. The number of imide groups is 1. The second-order valence-corrected chi connectivity index (χ2v) is 6.95. The van der Waals surface area contributed by atoms with Crippen LogP contribution in [0.15, 0.2) is 24.3 Å². The molecule has 0 radical (unpaired) electrons.